The van der Waals surface area contributed by atoms with Crippen molar-refractivity contribution in [1.82, 2.24) is 10.2 Å². The molecule has 0 radical (unpaired) electrons. The number of carbonyl (C=O) groups excluding carboxylic acids is 1. The smallest absolute Gasteiger partial charge is 0.224 e. The van der Waals surface area contributed by atoms with E-state index >= 15 is 0 Å². The summed E-state index contributed by atoms with van der Waals surface area (Å²) in [5, 5.41) is 6.24. The van der Waals surface area contributed by atoms with Crippen LogP contribution in [0.1, 0.15) is 19.3 Å². The van der Waals surface area contributed by atoms with Crippen LogP contribution in [0.2, 0.25) is 0 Å². The summed E-state index contributed by atoms with van der Waals surface area (Å²) < 4.78 is 0. The van der Waals surface area contributed by atoms with Crippen LogP contribution in [-0.2, 0) is 4.79 Å². The van der Waals surface area contributed by atoms with Gasteiger partial charge in [0.15, 0.2) is 0 Å². The standard InChI is InChI=1S/C10H17N3O2S/c14-9(2-4-12-15)13-6-1-3-10(8-13)11-5-7-16-10/h11H,1-8H2. The Bertz CT molecular complexity index is 279. The molecule has 2 fully saturated rings. The average Bonchev–Trinajstić information content (AvgIpc) is 2.74. The molecule has 90 valence electrons. The van der Waals surface area contributed by atoms with Crippen LogP contribution in [0.25, 0.3) is 0 Å². The molecular weight excluding hydrogens is 226 g/mol. The third-order valence-corrected chi connectivity index (χ3v) is 4.59. The minimum absolute atomic E-state index is 0.0629. The van der Waals surface area contributed by atoms with Gasteiger partial charge < -0.3 is 10.2 Å². The van der Waals surface area contributed by atoms with Crippen LogP contribution in [0.3, 0.4) is 0 Å². The Labute approximate surface area is 99.3 Å². The highest BCUT2D eigenvalue weighted by molar-refractivity contribution is 8.00. The summed E-state index contributed by atoms with van der Waals surface area (Å²) in [6.45, 7) is 2.72. The van der Waals surface area contributed by atoms with Crippen molar-refractivity contribution in [1.29, 1.82) is 0 Å². The van der Waals surface area contributed by atoms with Gasteiger partial charge in [0, 0.05) is 31.8 Å². The first-order valence-corrected chi connectivity index (χ1v) is 6.70. The van der Waals surface area contributed by atoms with E-state index in [2.05, 4.69) is 10.5 Å². The predicted octanol–water partition coefficient (Wildman–Crippen LogP) is 0.798. The van der Waals surface area contributed by atoms with E-state index < -0.39 is 0 Å². The maximum Gasteiger partial charge on any atom is 0.224 e. The summed E-state index contributed by atoms with van der Waals surface area (Å²) in [7, 11) is 0. The zero-order valence-corrected chi connectivity index (χ0v) is 10.1. The minimum atomic E-state index is 0.0629. The monoisotopic (exact) mass is 243 g/mol. The van der Waals surface area contributed by atoms with Gasteiger partial charge in [0.2, 0.25) is 5.91 Å². The molecule has 2 rings (SSSR count). The lowest BCUT2D eigenvalue weighted by Gasteiger charge is -2.39. The Hall–Kier alpha value is -0.620. The molecule has 1 atom stereocenters. The normalized spacial score (nSPS) is 29.6. The van der Waals surface area contributed by atoms with Crippen molar-refractivity contribution in [3.8, 4) is 0 Å². The molecule has 1 N–H and O–H groups in total. The lowest BCUT2D eigenvalue weighted by Crippen LogP contribution is -2.53. The van der Waals surface area contributed by atoms with Crippen molar-refractivity contribution in [2.24, 2.45) is 5.18 Å². The molecule has 0 aromatic heterocycles. The van der Waals surface area contributed by atoms with Crippen molar-refractivity contribution >= 4 is 17.7 Å². The second-order valence-corrected chi connectivity index (χ2v) is 5.77. The van der Waals surface area contributed by atoms with Crippen LogP contribution in [0.4, 0.5) is 0 Å². The molecule has 1 unspecified atom stereocenters. The van der Waals surface area contributed by atoms with E-state index in [1.807, 2.05) is 16.7 Å². The number of nitroso groups, excluding NO2 is 1. The summed E-state index contributed by atoms with van der Waals surface area (Å²) in [5.74, 6) is 1.19. The first-order chi connectivity index (χ1) is 7.76. The van der Waals surface area contributed by atoms with Gasteiger partial charge in [-0.15, -0.1) is 11.8 Å². The summed E-state index contributed by atoms with van der Waals surface area (Å²) in [6, 6.07) is 0. The van der Waals surface area contributed by atoms with Gasteiger partial charge in [-0.25, -0.2) is 0 Å². The lowest BCUT2D eigenvalue weighted by atomic mass is 10.0. The number of hydrogen-bond donors (Lipinski definition) is 1. The molecule has 0 aliphatic carbocycles. The molecule has 5 nitrogen and oxygen atoms in total. The summed E-state index contributed by atoms with van der Waals surface area (Å²) >= 11 is 1.92. The third kappa shape index (κ3) is 2.55. The van der Waals surface area contributed by atoms with Crippen molar-refractivity contribution in [2.45, 2.75) is 24.1 Å². The molecule has 0 aromatic carbocycles. The number of rotatable bonds is 3. The fraction of sp³-hybridized carbons (Fsp3) is 0.900. The second kappa shape index (κ2) is 5.14. The predicted molar refractivity (Wildman–Crippen MR) is 64.3 cm³/mol. The van der Waals surface area contributed by atoms with Crippen molar-refractivity contribution < 1.29 is 4.79 Å². The number of likely N-dealkylation sites (tertiary alicyclic amines) is 1. The molecule has 2 aliphatic rings. The molecule has 2 saturated heterocycles. The van der Waals surface area contributed by atoms with Crippen molar-refractivity contribution in [3.05, 3.63) is 4.91 Å². The van der Waals surface area contributed by atoms with Gasteiger partial charge >= 0.3 is 0 Å². The number of hydrogen-bond acceptors (Lipinski definition) is 5. The highest BCUT2D eigenvalue weighted by atomic mass is 32.2. The van der Waals surface area contributed by atoms with Crippen molar-refractivity contribution in [2.75, 3.05) is 31.9 Å². The van der Waals surface area contributed by atoms with E-state index in [0.29, 0.717) is 0 Å². The molecule has 16 heavy (non-hydrogen) atoms. The number of piperidine rings is 1. The van der Waals surface area contributed by atoms with Gasteiger partial charge in [-0.05, 0) is 12.8 Å². The van der Waals surface area contributed by atoms with Crippen LogP contribution in [0, 0.1) is 4.91 Å². The average molecular weight is 243 g/mol. The Balaban J connectivity index is 1.90. The molecule has 0 aromatic rings. The van der Waals surface area contributed by atoms with E-state index in [9.17, 15) is 9.70 Å². The van der Waals surface area contributed by atoms with E-state index in [1.54, 1.807) is 0 Å². The largest absolute Gasteiger partial charge is 0.340 e. The van der Waals surface area contributed by atoms with Crippen LogP contribution in [0.15, 0.2) is 5.18 Å². The van der Waals surface area contributed by atoms with E-state index in [-0.39, 0.29) is 23.7 Å². The number of nitrogens with one attached hydrogen (secondary N) is 1. The van der Waals surface area contributed by atoms with E-state index in [1.165, 1.54) is 0 Å². The van der Waals surface area contributed by atoms with Gasteiger partial charge in [-0.1, -0.05) is 5.18 Å². The Morgan fingerprint density at radius 3 is 3.12 bits per heavy atom. The molecule has 0 saturated carbocycles. The first kappa shape index (κ1) is 11.9. The maximum absolute atomic E-state index is 11.8. The molecule has 1 spiro atoms. The van der Waals surface area contributed by atoms with Crippen LogP contribution in [0.5, 0.6) is 0 Å². The van der Waals surface area contributed by atoms with Gasteiger partial charge in [0.1, 0.15) is 0 Å². The lowest BCUT2D eigenvalue weighted by molar-refractivity contribution is -0.132. The number of nitrogens with zero attached hydrogens (tertiary/aromatic N) is 2. The van der Waals surface area contributed by atoms with Crippen LogP contribution >= 0.6 is 11.8 Å². The maximum atomic E-state index is 11.8. The second-order valence-electron chi connectivity index (χ2n) is 4.29. The SMILES string of the molecule is O=NCCC(=O)N1CCCC2(C1)NCCS2. The molecule has 6 heteroatoms. The zero-order chi connectivity index (χ0) is 11.4. The summed E-state index contributed by atoms with van der Waals surface area (Å²) in [6.07, 6.45) is 2.43. The molecular formula is C10H17N3O2S. The third-order valence-electron chi connectivity index (χ3n) is 3.15. The topological polar surface area (TPSA) is 61.8 Å². The fourth-order valence-corrected chi connectivity index (χ4v) is 3.71. The van der Waals surface area contributed by atoms with Gasteiger partial charge in [0.05, 0.1) is 11.4 Å². The number of amides is 1. The first-order valence-electron chi connectivity index (χ1n) is 5.72. The van der Waals surface area contributed by atoms with E-state index in [4.69, 9.17) is 0 Å². The van der Waals surface area contributed by atoms with Crippen LogP contribution < -0.4 is 5.32 Å². The number of carbonyl (C=O) groups is 1. The molecule has 0 bridgehead atoms. The summed E-state index contributed by atoms with van der Waals surface area (Å²) in [4.78, 5) is 23.8. The highest BCUT2D eigenvalue weighted by Gasteiger charge is 2.39. The molecule has 2 heterocycles. The Morgan fingerprint density at radius 2 is 2.44 bits per heavy atom. The Morgan fingerprint density at radius 1 is 1.56 bits per heavy atom. The quantitative estimate of drug-likeness (QED) is 0.745. The minimum Gasteiger partial charge on any atom is -0.340 e. The Kier molecular flexibility index (Phi) is 3.81. The highest BCUT2D eigenvalue weighted by Crippen LogP contribution is 2.35. The molecule has 1 amide bonds. The fourth-order valence-electron chi connectivity index (χ4n) is 2.37. The number of thioether (sulfide) groups is 1. The zero-order valence-electron chi connectivity index (χ0n) is 9.28. The van der Waals surface area contributed by atoms with E-state index in [0.717, 1.165) is 38.2 Å². The molecule has 2 aliphatic heterocycles. The summed E-state index contributed by atoms with van der Waals surface area (Å²) in [5.41, 5.74) is 0. The van der Waals surface area contributed by atoms with Crippen molar-refractivity contribution in [3.63, 3.8) is 0 Å². The van der Waals surface area contributed by atoms with Gasteiger partial charge in [-0.3, -0.25) is 4.79 Å². The van der Waals surface area contributed by atoms with Crippen LogP contribution in [-0.4, -0.2) is 47.6 Å². The van der Waals surface area contributed by atoms with Gasteiger partial charge in [0.25, 0.3) is 0 Å². The van der Waals surface area contributed by atoms with Gasteiger partial charge in [-0.2, -0.15) is 4.91 Å².